The van der Waals surface area contributed by atoms with Gasteiger partial charge in [0.2, 0.25) is 0 Å². The first-order valence-corrected chi connectivity index (χ1v) is 10.4. The number of ether oxygens (including phenoxy) is 1. The van der Waals surface area contributed by atoms with Crippen LogP contribution in [0.4, 0.5) is 0 Å². The second-order valence-corrected chi connectivity index (χ2v) is 8.57. The van der Waals surface area contributed by atoms with E-state index in [2.05, 4.69) is 22.8 Å². The van der Waals surface area contributed by atoms with Crippen molar-refractivity contribution in [1.29, 1.82) is 0 Å². The maximum absolute atomic E-state index is 13.1. The lowest BCUT2D eigenvalue weighted by molar-refractivity contribution is -0.0211. The Morgan fingerprint density at radius 2 is 1.81 bits per heavy atom. The molecule has 0 unspecified atom stereocenters. The van der Waals surface area contributed by atoms with Crippen molar-refractivity contribution in [2.75, 3.05) is 19.7 Å². The zero-order valence-electron chi connectivity index (χ0n) is 15.7. The number of carbonyl (C=O) groups excluding carboxylic acids is 1. The van der Waals surface area contributed by atoms with Crippen LogP contribution in [0.1, 0.15) is 36.0 Å². The van der Waals surface area contributed by atoms with Gasteiger partial charge in [0.25, 0.3) is 5.91 Å². The number of fused-ring (bicyclic) bond motifs is 2. The topological polar surface area (TPSA) is 50.4 Å². The Kier molecular flexibility index (Phi) is 4.62. The molecule has 4 atom stereocenters. The largest absolute Gasteiger partial charge is 0.376 e. The van der Waals surface area contributed by atoms with Gasteiger partial charge in [0.1, 0.15) is 0 Å². The predicted octanol–water partition coefficient (Wildman–Crippen LogP) is 3.36. The molecule has 4 heteroatoms. The van der Waals surface area contributed by atoms with Gasteiger partial charge >= 0.3 is 0 Å². The summed E-state index contributed by atoms with van der Waals surface area (Å²) in [7, 11) is 0. The molecule has 3 fully saturated rings. The molecule has 0 radical (unpaired) electrons. The van der Waals surface area contributed by atoms with Gasteiger partial charge < -0.3 is 15.4 Å². The molecule has 2 saturated carbocycles. The van der Waals surface area contributed by atoms with Crippen molar-refractivity contribution >= 4 is 16.7 Å². The molecule has 1 amide bonds. The molecule has 4 nitrogen and oxygen atoms in total. The fraction of sp³-hybridized carbons (Fsp3) is 0.522. The van der Waals surface area contributed by atoms with Crippen LogP contribution in [0.15, 0.2) is 42.5 Å². The van der Waals surface area contributed by atoms with Crippen LogP contribution in [-0.2, 0) is 4.74 Å². The van der Waals surface area contributed by atoms with Crippen LogP contribution in [0.2, 0.25) is 0 Å². The summed E-state index contributed by atoms with van der Waals surface area (Å²) < 4.78 is 6.31. The molecule has 0 bridgehead atoms. The van der Waals surface area contributed by atoms with Crippen molar-refractivity contribution in [2.45, 2.75) is 37.8 Å². The normalized spacial score (nSPS) is 30.2. The fourth-order valence-electron chi connectivity index (χ4n) is 4.83. The summed E-state index contributed by atoms with van der Waals surface area (Å²) in [5.41, 5.74) is 0.765. The van der Waals surface area contributed by atoms with E-state index in [-0.39, 0.29) is 18.1 Å². The highest BCUT2D eigenvalue weighted by molar-refractivity contribution is 6.07. The van der Waals surface area contributed by atoms with Gasteiger partial charge in [-0.25, -0.2) is 0 Å². The highest BCUT2D eigenvalue weighted by Crippen LogP contribution is 2.36. The molecular weight excluding hydrogens is 336 g/mol. The summed E-state index contributed by atoms with van der Waals surface area (Å²) >= 11 is 0. The van der Waals surface area contributed by atoms with Crippen molar-refractivity contribution < 1.29 is 9.53 Å². The molecule has 2 aliphatic carbocycles. The van der Waals surface area contributed by atoms with Crippen LogP contribution < -0.4 is 10.6 Å². The lowest BCUT2D eigenvalue weighted by Crippen LogP contribution is -2.50. The van der Waals surface area contributed by atoms with Crippen LogP contribution in [0.3, 0.4) is 0 Å². The molecule has 2 aromatic rings. The number of hydrogen-bond acceptors (Lipinski definition) is 3. The van der Waals surface area contributed by atoms with Gasteiger partial charge in [0.05, 0.1) is 12.1 Å². The number of benzene rings is 2. The minimum atomic E-state index is 0.0289. The summed E-state index contributed by atoms with van der Waals surface area (Å²) in [5, 5.41) is 8.99. The Morgan fingerprint density at radius 3 is 2.67 bits per heavy atom. The van der Waals surface area contributed by atoms with Crippen molar-refractivity contribution in [1.82, 2.24) is 10.6 Å². The molecule has 5 rings (SSSR count). The van der Waals surface area contributed by atoms with E-state index in [1.807, 2.05) is 30.3 Å². The minimum absolute atomic E-state index is 0.0289. The average Bonchev–Trinajstić information content (AvgIpc) is 3.42. The summed E-state index contributed by atoms with van der Waals surface area (Å²) in [4.78, 5) is 13.1. The molecule has 1 aliphatic heterocycles. The number of hydrogen-bond donors (Lipinski definition) is 2. The standard InChI is InChI=1S/C23H28N2O2/c26-23(20-7-3-5-16-4-1-2-6-19(16)20)25-21-10-17-12-24-13-18(17)11-22(21)27-14-15-8-9-15/h1-7,15,17-18,21-22,24H,8-14H2,(H,25,26)/t17-,18+,21-,22-/m0/s1. The molecule has 3 aliphatic rings. The van der Waals surface area contributed by atoms with Crippen LogP contribution in [0.25, 0.3) is 10.8 Å². The monoisotopic (exact) mass is 364 g/mol. The number of amides is 1. The third-order valence-electron chi connectivity index (χ3n) is 6.61. The maximum atomic E-state index is 13.1. The first-order chi connectivity index (χ1) is 13.3. The third kappa shape index (κ3) is 3.61. The Balaban J connectivity index is 1.35. The van der Waals surface area contributed by atoms with Gasteiger partial charge in [-0.05, 0) is 73.4 Å². The molecule has 2 aromatic carbocycles. The van der Waals surface area contributed by atoms with E-state index in [1.54, 1.807) is 0 Å². The molecule has 27 heavy (non-hydrogen) atoms. The molecule has 1 saturated heterocycles. The van der Waals surface area contributed by atoms with Gasteiger partial charge in [-0.1, -0.05) is 36.4 Å². The van der Waals surface area contributed by atoms with E-state index in [0.717, 1.165) is 54.8 Å². The fourth-order valence-corrected chi connectivity index (χ4v) is 4.83. The number of rotatable bonds is 5. The van der Waals surface area contributed by atoms with E-state index in [9.17, 15) is 4.79 Å². The predicted molar refractivity (Wildman–Crippen MR) is 107 cm³/mol. The van der Waals surface area contributed by atoms with Crippen LogP contribution in [-0.4, -0.2) is 37.7 Å². The second-order valence-electron chi connectivity index (χ2n) is 8.57. The first-order valence-electron chi connectivity index (χ1n) is 10.4. The summed E-state index contributed by atoms with van der Waals surface area (Å²) in [5.74, 6) is 2.13. The number of carbonyl (C=O) groups is 1. The Hall–Kier alpha value is -1.91. The summed E-state index contributed by atoms with van der Waals surface area (Å²) in [6.07, 6.45) is 4.82. The van der Waals surface area contributed by atoms with Gasteiger partial charge in [-0.3, -0.25) is 4.79 Å². The third-order valence-corrected chi connectivity index (χ3v) is 6.61. The smallest absolute Gasteiger partial charge is 0.252 e. The highest BCUT2D eigenvalue weighted by atomic mass is 16.5. The average molecular weight is 364 g/mol. The van der Waals surface area contributed by atoms with Crippen LogP contribution >= 0.6 is 0 Å². The Labute approximate surface area is 160 Å². The van der Waals surface area contributed by atoms with E-state index in [4.69, 9.17) is 4.74 Å². The van der Waals surface area contributed by atoms with Crippen molar-refractivity contribution in [2.24, 2.45) is 17.8 Å². The molecule has 142 valence electrons. The van der Waals surface area contributed by atoms with E-state index in [0.29, 0.717) is 11.8 Å². The lowest BCUT2D eigenvalue weighted by atomic mass is 9.77. The van der Waals surface area contributed by atoms with Gasteiger partial charge in [-0.15, -0.1) is 0 Å². The maximum Gasteiger partial charge on any atom is 0.252 e. The van der Waals surface area contributed by atoms with E-state index < -0.39 is 0 Å². The lowest BCUT2D eigenvalue weighted by Gasteiger charge is -2.38. The molecule has 2 N–H and O–H groups in total. The first kappa shape index (κ1) is 17.2. The van der Waals surface area contributed by atoms with E-state index in [1.165, 1.54) is 12.8 Å². The second kappa shape index (κ2) is 7.25. The summed E-state index contributed by atoms with van der Waals surface area (Å²) in [6, 6.07) is 14.2. The summed E-state index contributed by atoms with van der Waals surface area (Å²) in [6.45, 7) is 3.02. The SMILES string of the molecule is O=C(N[C@H]1C[C@H]2CNC[C@H]2C[C@@H]1OCC1CC1)c1cccc2ccccc12. The molecular formula is C23H28N2O2. The Morgan fingerprint density at radius 1 is 1.04 bits per heavy atom. The Bertz CT molecular complexity index is 827. The molecule has 0 aromatic heterocycles. The highest BCUT2D eigenvalue weighted by Gasteiger charge is 2.41. The van der Waals surface area contributed by atoms with Crippen LogP contribution in [0, 0.1) is 17.8 Å². The zero-order chi connectivity index (χ0) is 18.2. The van der Waals surface area contributed by atoms with Gasteiger partial charge in [0.15, 0.2) is 0 Å². The van der Waals surface area contributed by atoms with Crippen molar-refractivity contribution in [3.8, 4) is 0 Å². The van der Waals surface area contributed by atoms with Gasteiger partial charge in [-0.2, -0.15) is 0 Å². The van der Waals surface area contributed by atoms with E-state index >= 15 is 0 Å². The minimum Gasteiger partial charge on any atom is -0.376 e. The molecule has 0 spiro atoms. The number of nitrogens with one attached hydrogen (secondary N) is 2. The van der Waals surface area contributed by atoms with Crippen LogP contribution in [0.5, 0.6) is 0 Å². The molecule has 1 heterocycles. The van der Waals surface area contributed by atoms with Crippen molar-refractivity contribution in [3.63, 3.8) is 0 Å². The van der Waals surface area contributed by atoms with Gasteiger partial charge in [0, 0.05) is 12.2 Å². The van der Waals surface area contributed by atoms with Crippen molar-refractivity contribution in [3.05, 3.63) is 48.0 Å². The quantitative estimate of drug-likeness (QED) is 0.855. The zero-order valence-corrected chi connectivity index (χ0v) is 15.7.